The highest BCUT2D eigenvalue weighted by Gasteiger charge is 2.34. The number of nitrogens with zero attached hydrogens (tertiary/aromatic N) is 2. The molecule has 1 aromatic carbocycles. The highest BCUT2D eigenvalue weighted by molar-refractivity contribution is 9.10. The summed E-state index contributed by atoms with van der Waals surface area (Å²) in [6.07, 6.45) is -3.79. The van der Waals surface area contributed by atoms with Crippen LogP contribution in [0.3, 0.4) is 0 Å². The quantitative estimate of drug-likeness (QED) is 0.552. The van der Waals surface area contributed by atoms with Crippen LogP contribution in [0, 0.1) is 0 Å². The highest BCUT2D eigenvalue weighted by atomic mass is 79.9. The van der Waals surface area contributed by atoms with Crippen molar-refractivity contribution < 1.29 is 13.2 Å². The minimum Gasteiger partial charge on any atom is -0.352 e. The first-order valence-corrected chi connectivity index (χ1v) is 9.21. The molecule has 0 fully saturated rings. The molecule has 0 radical (unpaired) electrons. The Kier molecular flexibility index (Phi) is 4.61. The van der Waals surface area contributed by atoms with Crippen LogP contribution in [0.15, 0.2) is 28.1 Å². The van der Waals surface area contributed by atoms with Crippen molar-refractivity contribution >= 4 is 54.0 Å². The lowest BCUT2D eigenvalue weighted by Crippen LogP contribution is -2.11. The molecule has 1 atom stereocenters. The first-order chi connectivity index (χ1) is 10.9. The third kappa shape index (κ3) is 3.67. The molecule has 0 aliphatic rings. The van der Waals surface area contributed by atoms with Gasteiger partial charge in [0.15, 0.2) is 10.8 Å². The van der Waals surface area contributed by atoms with Crippen LogP contribution in [-0.2, 0) is 6.18 Å². The minimum absolute atomic E-state index is 0.292. The first kappa shape index (κ1) is 16.7. The van der Waals surface area contributed by atoms with E-state index in [2.05, 4.69) is 31.2 Å². The number of thiazole rings is 2. The lowest BCUT2D eigenvalue weighted by atomic mass is 10.2. The fourth-order valence-electron chi connectivity index (χ4n) is 2.03. The number of nitrogens with one attached hydrogen (secondary N) is 1. The molecule has 0 aliphatic carbocycles. The largest absolute Gasteiger partial charge is 0.434 e. The van der Waals surface area contributed by atoms with Crippen molar-refractivity contribution in [2.45, 2.75) is 25.6 Å². The molecule has 3 nitrogen and oxygen atoms in total. The van der Waals surface area contributed by atoms with Crippen LogP contribution >= 0.6 is 38.6 Å². The molecule has 0 spiro atoms. The second-order valence-corrected chi connectivity index (χ2v) is 7.64. The van der Waals surface area contributed by atoms with Crippen molar-refractivity contribution in [3.05, 3.63) is 38.8 Å². The molecule has 0 saturated heterocycles. The predicted octanol–water partition coefficient (Wildman–Crippen LogP) is 6.10. The number of benzene rings is 1. The van der Waals surface area contributed by atoms with Gasteiger partial charge in [0.2, 0.25) is 0 Å². The number of anilines is 1. The van der Waals surface area contributed by atoms with Crippen LogP contribution in [0.2, 0.25) is 0 Å². The summed E-state index contributed by atoms with van der Waals surface area (Å²) < 4.78 is 40.0. The van der Waals surface area contributed by atoms with E-state index in [1.54, 1.807) is 0 Å². The van der Waals surface area contributed by atoms with Gasteiger partial charge in [-0.2, -0.15) is 13.2 Å². The number of halogens is 4. The molecule has 0 amide bonds. The van der Waals surface area contributed by atoms with Gasteiger partial charge in [-0.05, 0) is 24.6 Å². The Morgan fingerprint density at radius 1 is 1.30 bits per heavy atom. The number of alkyl halides is 3. The fraction of sp³-hybridized carbons (Fsp3) is 0.286. The van der Waals surface area contributed by atoms with Gasteiger partial charge in [-0.1, -0.05) is 34.2 Å². The summed E-state index contributed by atoms with van der Waals surface area (Å²) in [5.74, 6) is 0. The average molecular weight is 422 g/mol. The van der Waals surface area contributed by atoms with Crippen molar-refractivity contribution in [3.63, 3.8) is 0 Å². The van der Waals surface area contributed by atoms with E-state index >= 15 is 0 Å². The van der Waals surface area contributed by atoms with Crippen LogP contribution in [0.5, 0.6) is 0 Å². The van der Waals surface area contributed by atoms with E-state index in [-0.39, 0.29) is 6.04 Å². The maximum absolute atomic E-state index is 12.7. The molecule has 0 aliphatic heterocycles. The average Bonchev–Trinajstić information content (AvgIpc) is 3.10. The maximum atomic E-state index is 12.7. The summed E-state index contributed by atoms with van der Waals surface area (Å²) in [6.45, 7) is 1.90. The van der Waals surface area contributed by atoms with Crippen molar-refractivity contribution in [1.82, 2.24) is 9.97 Å². The van der Waals surface area contributed by atoms with Crippen LogP contribution in [-0.4, -0.2) is 9.97 Å². The molecule has 2 aromatic heterocycles. The highest BCUT2D eigenvalue weighted by Crippen LogP contribution is 2.35. The molecular formula is C14H11BrF3N3S2. The van der Waals surface area contributed by atoms with Crippen molar-refractivity contribution in [2.24, 2.45) is 0 Å². The summed E-state index contributed by atoms with van der Waals surface area (Å²) in [5.41, 5.74) is 0.0108. The maximum Gasteiger partial charge on any atom is 0.434 e. The van der Waals surface area contributed by atoms with Crippen LogP contribution in [0.1, 0.15) is 30.1 Å². The molecule has 0 bridgehead atoms. The van der Waals surface area contributed by atoms with Gasteiger partial charge in [0, 0.05) is 9.85 Å². The molecule has 0 saturated carbocycles. The van der Waals surface area contributed by atoms with E-state index in [1.165, 1.54) is 11.3 Å². The fourth-order valence-corrected chi connectivity index (χ4v) is 4.46. The van der Waals surface area contributed by atoms with Crippen LogP contribution in [0.25, 0.3) is 10.2 Å². The zero-order chi connectivity index (χ0) is 16.6. The van der Waals surface area contributed by atoms with E-state index in [9.17, 15) is 13.2 Å². The van der Waals surface area contributed by atoms with Gasteiger partial charge in [-0.25, -0.2) is 9.97 Å². The Labute approximate surface area is 146 Å². The standard InChI is InChI=1S/C14H11BrF3N3S2/c1-2-8(12-21-11(6-22-12)14(16,17)18)19-13-20-9-4-3-7(15)5-10(9)23-13/h3-6,8H,2H2,1H3,(H,19,20). The molecule has 122 valence electrons. The van der Waals surface area contributed by atoms with E-state index in [0.717, 1.165) is 31.4 Å². The topological polar surface area (TPSA) is 37.8 Å². The molecule has 3 aromatic rings. The molecule has 2 heterocycles. The van der Waals surface area contributed by atoms with E-state index < -0.39 is 11.9 Å². The SMILES string of the molecule is CCC(Nc1nc2ccc(Br)cc2s1)c1nc(C(F)(F)F)cs1. The smallest absolute Gasteiger partial charge is 0.352 e. The van der Waals surface area contributed by atoms with E-state index in [1.807, 2.05) is 25.1 Å². The first-order valence-electron chi connectivity index (χ1n) is 6.72. The lowest BCUT2D eigenvalue weighted by molar-refractivity contribution is -0.140. The van der Waals surface area contributed by atoms with Crippen molar-refractivity contribution in [1.29, 1.82) is 0 Å². The lowest BCUT2D eigenvalue weighted by Gasteiger charge is -2.13. The molecule has 1 unspecified atom stereocenters. The zero-order valence-electron chi connectivity index (χ0n) is 11.8. The van der Waals surface area contributed by atoms with Gasteiger partial charge in [0.25, 0.3) is 0 Å². The van der Waals surface area contributed by atoms with Crippen molar-refractivity contribution in [3.8, 4) is 0 Å². The summed E-state index contributed by atoms with van der Waals surface area (Å²) in [7, 11) is 0. The monoisotopic (exact) mass is 421 g/mol. The molecule has 23 heavy (non-hydrogen) atoms. The van der Waals surface area contributed by atoms with Gasteiger partial charge in [0.05, 0.1) is 16.3 Å². The van der Waals surface area contributed by atoms with Gasteiger partial charge in [0.1, 0.15) is 5.01 Å². The number of hydrogen-bond acceptors (Lipinski definition) is 5. The van der Waals surface area contributed by atoms with Crippen LogP contribution < -0.4 is 5.32 Å². The van der Waals surface area contributed by atoms with Gasteiger partial charge >= 0.3 is 6.18 Å². The number of fused-ring (bicyclic) bond motifs is 1. The summed E-state index contributed by atoms with van der Waals surface area (Å²) in [4.78, 5) is 8.18. The third-order valence-corrected chi connectivity index (χ3v) is 5.57. The van der Waals surface area contributed by atoms with Gasteiger partial charge < -0.3 is 5.32 Å². The van der Waals surface area contributed by atoms with Crippen molar-refractivity contribution in [2.75, 3.05) is 5.32 Å². The Hall–Kier alpha value is -1.19. The third-order valence-electron chi connectivity index (χ3n) is 3.17. The predicted molar refractivity (Wildman–Crippen MR) is 91.1 cm³/mol. The molecule has 1 N–H and O–H groups in total. The Balaban J connectivity index is 1.84. The number of aromatic nitrogens is 2. The molecular weight excluding hydrogens is 411 g/mol. The molecule has 9 heteroatoms. The van der Waals surface area contributed by atoms with Gasteiger partial charge in [-0.15, -0.1) is 11.3 Å². The van der Waals surface area contributed by atoms with Crippen LogP contribution in [0.4, 0.5) is 18.3 Å². The number of hydrogen-bond donors (Lipinski definition) is 1. The Morgan fingerprint density at radius 3 is 2.74 bits per heavy atom. The zero-order valence-corrected chi connectivity index (χ0v) is 15.0. The van der Waals surface area contributed by atoms with Gasteiger partial charge in [-0.3, -0.25) is 0 Å². The van der Waals surface area contributed by atoms with E-state index in [0.29, 0.717) is 16.6 Å². The molecule has 3 rings (SSSR count). The summed E-state index contributed by atoms with van der Waals surface area (Å²) in [6, 6.07) is 5.47. The minimum atomic E-state index is -4.41. The Bertz CT molecular complexity index is 828. The normalized spacial score (nSPS) is 13.4. The Morgan fingerprint density at radius 2 is 2.09 bits per heavy atom. The summed E-state index contributed by atoms with van der Waals surface area (Å²) >= 11 is 5.89. The number of rotatable bonds is 4. The second kappa shape index (κ2) is 6.37. The van der Waals surface area contributed by atoms with E-state index in [4.69, 9.17) is 0 Å². The second-order valence-electron chi connectivity index (χ2n) is 4.80. The summed E-state index contributed by atoms with van der Waals surface area (Å²) in [5, 5.41) is 5.33.